The Morgan fingerprint density at radius 2 is 1.71 bits per heavy atom. The third kappa shape index (κ3) is 6.30. The molecule has 0 atom stereocenters. The van der Waals surface area contributed by atoms with Crippen LogP contribution in [-0.4, -0.2) is 45.7 Å². The molecule has 0 aliphatic carbocycles. The molecule has 1 amide bonds. The van der Waals surface area contributed by atoms with Gasteiger partial charge in [-0.15, -0.1) is 0 Å². The molecule has 6 nitrogen and oxygen atoms in total. The first-order valence-electron chi connectivity index (χ1n) is 9.49. The number of aliphatic imine (C=N–C) groups is 1. The van der Waals surface area contributed by atoms with E-state index in [0.717, 1.165) is 34.8 Å². The van der Waals surface area contributed by atoms with E-state index in [0.29, 0.717) is 25.3 Å². The number of guanidine groups is 1. The summed E-state index contributed by atoms with van der Waals surface area (Å²) in [6, 6.07) is 13.8. The van der Waals surface area contributed by atoms with Crippen LogP contribution in [0.3, 0.4) is 0 Å². The highest BCUT2D eigenvalue weighted by molar-refractivity contribution is 5.94. The number of benzene rings is 2. The lowest BCUT2D eigenvalue weighted by Gasteiger charge is -2.14. The number of hydrogen-bond acceptors (Lipinski definition) is 3. The fraction of sp³-hybridized carbons (Fsp3) is 0.364. The molecule has 2 rings (SSSR count). The molecular formula is C22H30N4O2. The number of hydrogen-bond donors (Lipinski definition) is 3. The maximum atomic E-state index is 11.7. The molecular weight excluding hydrogens is 352 g/mol. The van der Waals surface area contributed by atoms with Gasteiger partial charge < -0.3 is 20.7 Å². The summed E-state index contributed by atoms with van der Waals surface area (Å²) in [4.78, 5) is 16.0. The minimum atomic E-state index is -0.0730. The van der Waals surface area contributed by atoms with Crippen LogP contribution in [0.1, 0.15) is 27.0 Å². The van der Waals surface area contributed by atoms with Gasteiger partial charge in [-0.05, 0) is 49.1 Å². The molecule has 6 heteroatoms. The number of carbonyl (C=O) groups excluding carboxylic acids is 1. The predicted molar refractivity (Wildman–Crippen MR) is 114 cm³/mol. The zero-order valence-corrected chi connectivity index (χ0v) is 17.1. The Balaban J connectivity index is 1.74. The third-order valence-electron chi connectivity index (χ3n) is 4.40. The van der Waals surface area contributed by atoms with Gasteiger partial charge in [0, 0.05) is 26.2 Å². The highest BCUT2D eigenvalue weighted by atomic mass is 16.5. The van der Waals surface area contributed by atoms with Crippen molar-refractivity contribution in [3.63, 3.8) is 0 Å². The molecule has 0 aliphatic heterocycles. The van der Waals surface area contributed by atoms with Crippen molar-refractivity contribution in [2.75, 3.05) is 33.8 Å². The summed E-state index contributed by atoms with van der Waals surface area (Å²) in [5.74, 6) is 1.60. The molecule has 0 spiro atoms. The number of rotatable bonds is 8. The zero-order valence-electron chi connectivity index (χ0n) is 17.1. The lowest BCUT2D eigenvalue weighted by atomic mass is 10.1. The van der Waals surface area contributed by atoms with E-state index in [4.69, 9.17) is 4.74 Å². The maximum Gasteiger partial charge on any atom is 0.251 e. The first kappa shape index (κ1) is 21.3. The largest absolute Gasteiger partial charge is 0.491 e. The first-order valence-corrected chi connectivity index (χ1v) is 9.49. The summed E-state index contributed by atoms with van der Waals surface area (Å²) in [6.07, 6.45) is 0.796. The summed E-state index contributed by atoms with van der Waals surface area (Å²) in [6.45, 7) is 6.03. The van der Waals surface area contributed by atoms with Crippen LogP contribution in [0.4, 0.5) is 0 Å². The fourth-order valence-electron chi connectivity index (χ4n) is 2.91. The van der Waals surface area contributed by atoms with Crippen LogP contribution < -0.4 is 20.7 Å². The van der Waals surface area contributed by atoms with Gasteiger partial charge in [-0.1, -0.05) is 30.3 Å². The monoisotopic (exact) mass is 382 g/mol. The molecule has 0 heterocycles. The van der Waals surface area contributed by atoms with E-state index in [1.165, 1.54) is 0 Å². The molecule has 0 saturated heterocycles. The van der Waals surface area contributed by atoms with Crippen LogP contribution in [0.2, 0.25) is 0 Å². The van der Waals surface area contributed by atoms with Crippen molar-refractivity contribution in [1.82, 2.24) is 16.0 Å². The molecule has 2 aromatic carbocycles. The van der Waals surface area contributed by atoms with E-state index < -0.39 is 0 Å². The van der Waals surface area contributed by atoms with Crippen molar-refractivity contribution in [2.45, 2.75) is 20.3 Å². The highest BCUT2D eigenvalue weighted by Gasteiger charge is 2.05. The summed E-state index contributed by atoms with van der Waals surface area (Å²) >= 11 is 0. The van der Waals surface area contributed by atoms with Gasteiger partial charge in [0.1, 0.15) is 12.4 Å². The Kier molecular flexibility index (Phi) is 8.34. The molecule has 2 aromatic rings. The predicted octanol–water partition coefficient (Wildman–Crippen LogP) is 2.45. The topological polar surface area (TPSA) is 74.8 Å². The van der Waals surface area contributed by atoms with Crippen molar-refractivity contribution in [3.8, 4) is 5.75 Å². The van der Waals surface area contributed by atoms with Crippen molar-refractivity contribution in [3.05, 3.63) is 64.7 Å². The van der Waals surface area contributed by atoms with Gasteiger partial charge in [0.25, 0.3) is 5.91 Å². The first-order chi connectivity index (χ1) is 13.5. The fourth-order valence-corrected chi connectivity index (χ4v) is 2.91. The third-order valence-corrected chi connectivity index (χ3v) is 4.40. The number of carbonyl (C=O) groups is 1. The number of amides is 1. The van der Waals surface area contributed by atoms with Crippen LogP contribution in [0, 0.1) is 13.8 Å². The van der Waals surface area contributed by atoms with E-state index in [2.05, 4.69) is 46.9 Å². The molecule has 0 unspecified atom stereocenters. The van der Waals surface area contributed by atoms with Crippen molar-refractivity contribution in [2.24, 2.45) is 4.99 Å². The molecule has 0 aliphatic rings. The van der Waals surface area contributed by atoms with Crippen LogP contribution in [0.5, 0.6) is 5.75 Å². The second-order valence-electron chi connectivity index (χ2n) is 6.52. The lowest BCUT2D eigenvalue weighted by Crippen LogP contribution is -2.40. The Hall–Kier alpha value is -3.02. The van der Waals surface area contributed by atoms with Gasteiger partial charge in [0.15, 0.2) is 5.96 Å². The number of nitrogens with one attached hydrogen (secondary N) is 3. The Morgan fingerprint density at radius 1 is 1.04 bits per heavy atom. The Morgan fingerprint density at radius 3 is 2.39 bits per heavy atom. The highest BCUT2D eigenvalue weighted by Crippen LogP contribution is 2.21. The Bertz CT molecular complexity index is 798. The standard InChI is InChI=1S/C22H30N4O2/c1-16-7-5-8-17(2)20(16)28-14-13-26-22(24-4)25-12-11-18-9-6-10-19(15-18)21(27)23-3/h5-10,15H,11-14H2,1-4H3,(H,23,27)(H2,24,25,26). The molecule has 0 saturated carbocycles. The molecule has 0 bridgehead atoms. The van der Waals surface area contributed by atoms with Crippen molar-refractivity contribution >= 4 is 11.9 Å². The normalized spacial score (nSPS) is 11.1. The smallest absolute Gasteiger partial charge is 0.251 e. The van der Waals surface area contributed by atoms with Gasteiger partial charge in [-0.2, -0.15) is 0 Å². The second kappa shape index (κ2) is 11.0. The minimum Gasteiger partial charge on any atom is -0.491 e. The van der Waals surface area contributed by atoms with Crippen LogP contribution in [0.25, 0.3) is 0 Å². The van der Waals surface area contributed by atoms with Crippen molar-refractivity contribution < 1.29 is 9.53 Å². The van der Waals surface area contributed by atoms with Crippen LogP contribution >= 0.6 is 0 Å². The molecule has 0 radical (unpaired) electrons. The second-order valence-corrected chi connectivity index (χ2v) is 6.52. The van der Waals surface area contributed by atoms with E-state index >= 15 is 0 Å². The van der Waals surface area contributed by atoms with E-state index in [1.807, 2.05) is 30.3 Å². The molecule has 0 aromatic heterocycles. The van der Waals surface area contributed by atoms with Gasteiger partial charge in [0.2, 0.25) is 0 Å². The van der Waals surface area contributed by atoms with Crippen molar-refractivity contribution in [1.29, 1.82) is 0 Å². The Labute approximate surface area is 167 Å². The van der Waals surface area contributed by atoms with Crippen LogP contribution in [0.15, 0.2) is 47.5 Å². The van der Waals surface area contributed by atoms with E-state index in [-0.39, 0.29) is 5.91 Å². The zero-order chi connectivity index (χ0) is 20.4. The summed E-state index contributed by atoms with van der Waals surface area (Å²) in [7, 11) is 3.38. The number of ether oxygens (including phenoxy) is 1. The van der Waals surface area contributed by atoms with Crippen LogP contribution in [-0.2, 0) is 6.42 Å². The summed E-state index contributed by atoms with van der Waals surface area (Å²) in [5.41, 5.74) is 4.05. The molecule has 28 heavy (non-hydrogen) atoms. The number of aryl methyl sites for hydroxylation is 2. The van der Waals surface area contributed by atoms with E-state index in [1.54, 1.807) is 14.1 Å². The average Bonchev–Trinajstić information content (AvgIpc) is 2.71. The molecule has 3 N–H and O–H groups in total. The summed E-state index contributed by atoms with van der Waals surface area (Å²) < 4.78 is 5.90. The van der Waals surface area contributed by atoms with E-state index in [9.17, 15) is 4.79 Å². The molecule has 150 valence electrons. The summed E-state index contributed by atoms with van der Waals surface area (Å²) in [5, 5.41) is 9.18. The van der Waals surface area contributed by atoms with Gasteiger partial charge in [-0.3, -0.25) is 9.79 Å². The number of para-hydroxylation sites is 1. The van der Waals surface area contributed by atoms with Gasteiger partial charge in [-0.25, -0.2) is 0 Å². The quantitative estimate of drug-likeness (QED) is 0.372. The van der Waals surface area contributed by atoms with Gasteiger partial charge in [0.05, 0.1) is 6.54 Å². The molecule has 0 fully saturated rings. The SMILES string of the molecule is CN=C(NCCOc1c(C)cccc1C)NCCc1cccc(C(=O)NC)c1. The number of nitrogens with zero attached hydrogens (tertiary/aromatic N) is 1. The maximum absolute atomic E-state index is 11.7. The van der Waals surface area contributed by atoms with Gasteiger partial charge >= 0.3 is 0 Å². The average molecular weight is 383 g/mol. The minimum absolute atomic E-state index is 0.0730. The lowest BCUT2D eigenvalue weighted by molar-refractivity contribution is 0.0963.